The molecule has 0 radical (unpaired) electrons. The van der Waals surface area contributed by atoms with E-state index < -0.39 is 47.7 Å². The number of fused-ring (bicyclic) bond motifs is 1. The van der Waals surface area contributed by atoms with Gasteiger partial charge in [-0.2, -0.15) is 0 Å². The van der Waals surface area contributed by atoms with Gasteiger partial charge in [-0.3, -0.25) is 20.2 Å². The van der Waals surface area contributed by atoms with E-state index in [1.54, 1.807) is 26.0 Å². The Morgan fingerprint density at radius 2 is 1.86 bits per heavy atom. The lowest BCUT2D eigenvalue weighted by atomic mass is 9.89. The Kier molecular flexibility index (Phi) is 9.67. The molecule has 35 heavy (non-hydrogen) atoms. The molecule has 10 heteroatoms. The zero-order valence-electron chi connectivity index (χ0n) is 19.6. The fourth-order valence-corrected chi connectivity index (χ4v) is 5.32. The number of nitrogens with one attached hydrogen (secondary N) is 2. The molecule has 4 unspecified atom stereocenters. The summed E-state index contributed by atoms with van der Waals surface area (Å²) in [6, 6.07) is 13.9. The highest BCUT2D eigenvalue weighted by Crippen LogP contribution is 2.27. The smallest absolute Gasteiger partial charge is 0.507 e. The van der Waals surface area contributed by atoms with Gasteiger partial charge >= 0.3 is 12.1 Å². The van der Waals surface area contributed by atoms with E-state index in [4.69, 9.17) is 14.6 Å². The number of hydrogen-bond acceptors (Lipinski definition) is 8. The summed E-state index contributed by atoms with van der Waals surface area (Å²) < 4.78 is 22.8. The van der Waals surface area contributed by atoms with Crippen molar-refractivity contribution in [2.45, 2.75) is 50.4 Å². The van der Waals surface area contributed by atoms with Crippen LogP contribution in [-0.2, 0) is 42.4 Å². The first-order chi connectivity index (χ1) is 16.8. The maximum absolute atomic E-state index is 13.4. The van der Waals surface area contributed by atoms with E-state index in [9.17, 15) is 18.9 Å². The first kappa shape index (κ1) is 26.7. The molecule has 0 aromatic heterocycles. The van der Waals surface area contributed by atoms with Gasteiger partial charge in [0.05, 0.1) is 18.7 Å². The lowest BCUT2D eigenvalue weighted by Crippen LogP contribution is -2.54. The molecule has 1 heterocycles. The van der Waals surface area contributed by atoms with E-state index in [0.717, 1.165) is 16.7 Å². The molecule has 1 aliphatic heterocycles. The predicted molar refractivity (Wildman–Crippen MR) is 130 cm³/mol. The Balaban J connectivity index is 1.73. The summed E-state index contributed by atoms with van der Waals surface area (Å²) in [6.45, 7) is 3.44. The number of esters is 1. The lowest BCUT2D eigenvalue weighted by molar-refractivity contribution is -0.145. The molecule has 0 spiro atoms. The van der Waals surface area contributed by atoms with E-state index >= 15 is 0 Å². The van der Waals surface area contributed by atoms with Crippen LogP contribution in [0.5, 0.6) is 0 Å². The first-order valence-electron chi connectivity index (χ1n) is 11.4. The maximum atomic E-state index is 13.4. The Morgan fingerprint density at radius 3 is 2.54 bits per heavy atom. The molecule has 9 nitrogen and oxygen atoms in total. The predicted octanol–water partition coefficient (Wildman–Crippen LogP) is 2.32. The van der Waals surface area contributed by atoms with Crippen LogP contribution in [0.1, 0.15) is 36.6 Å². The number of hydrogen-bond donors (Lipinski definition) is 3. The highest BCUT2D eigenvalue weighted by molar-refractivity contribution is 7.90. The van der Waals surface area contributed by atoms with Crippen molar-refractivity contribution in [2.75, 3.05) is 12.4 Å². The van der Waals surface area contributed by atoms with Crippen LogP contribution in [0, 0.1) is 0 Å². The number of ether oxygens (including phenoxy) is 2. The van der Waals surface area contributed by atoms with E-state index in [-0.39, 0.29) is 30.3 Å². The van der Waals surface area contributed by atoms with Gasteiger partial charge in [0.25, 0.3) is 0 Å². The van der Waals surface area contributed by atoms with Gasteiger partial charge in [0.15, 0.2) is 18.1 Å². The minimum atomic E-state index is -1.44. The number of carbonyl (C=O) groups excluding carboxylic acids is 2. The summed E-state index contributed by atoms with van der Waals surface area (Å²) in [4.78, 5) is 37.1. The summed E-state index contributed by atoms with van der Waals surface area (Å²) in [5.74, 6) is -0.644. The normalized spacial score (nSPS) is 19.6. The topological polar surface area (TPSA) is 137 Å². The van der Waals surface area contributed by atoms with Crippen molar-refractivity contribution in [3.63, 3.8) is 0 Å². The van der Waals surface area contributed by atoms with Crippen LogP contribution in [0.2, 0.25) is 0 Å². The maximum Gasteiger partial charge on any atom is 0.507 e. The molecule has 0 bridgehead atoms. The van der Waals surface area contributed by atoms with E-state index in [1.165, 1.54) is 0 Å². The molecule has 0 amide bonds. The minimum absolute atomic E-state index is 0.0230. The van der Waals surface area contributed by atoms with Crippen molar-refractivity contribution in [3.8, 4) is 0 Å². The molecular formula is C25H30N2O7S. The second-order valence-corrected chi connectivity index (χ2v) is 9.71. The number of ketones is 1. The Morgan fingerprint density at radius 1 is 1.17 bits per heavy atom. The molecule has 3 rings (SSSR count). The third kappa shape index (κ3) is 7.53. The molecule has 2 aromatic carbocycles. The quantitative estimate of drug-likeness (QED) is 0.312. The van der Waals surface area contributed by atoms with E-state index in [2.05, 4.69) is 10.6 Å². The first-order valence-corrected chi connectivity index (χ1v) is 12.9. The minimum Gasteiger partial charge on any atom is -0.616 e. The summed E-state index contributed by atoms with van der Waals surface area (Å²) in [7, 11) is 0. The van der Waals surface area contributed by atoms with Gasteiger partial charge in [-0.15, -0.1) is 0 Å². The number of carboxylic acid groups (broad SMARTS) is 1. The average Bonchev–Trinajstić information content (AvgIpc) is 2.83. The second kappa shape index (κ2) is 12.7. The van der Waals surface area contributed by atoms with Gasteiger partial charge in [0.1, 0.15) is 11.5 Å². The van der Waals surface area contributed by atoms with Crippen molar-refractivity contribution < 1.29 is 33.5 Å². The molecule has 2 aromatic rings. The Labute approximate surface area is 207 Å². The molecule has 5 atom stereocenters. The monoisotopic (exact) mass is 502 g/mol. The van der Waals surface area contributed by atoms with Crippen LogP contribution < -0.4 is 10.6 Å². The van der Waals surface area contributed by atoms with Gasteiger partial charge < -0.3 is 19.1 Å². The van der Waals surface area contributed by atoms with Crippen LogP contribution >= 0.6 is 0 Å². The van der Waals surface area contributed by atoms with Gasteiger partial charge in [-0.1, -0.05) is 54.6 Å². The summed E-state index contributed by atoms with van der Waals surface area (Å²) in [6.07, 6.45) is -2.04. The van der Waals surface area contributed by atoms with E-state index in [1.807, 2.05) is 42.5 Å². The summed E-state index contributed by atoms with van der Waals surface area (Å²) in [5, 5.41) is 15.0. The van der Waals surface area contributed by atoms with Crippen molar-refractivity contribution in [1.29, 1.82) is 0 Å². The molecule has 188 valence electrons. The van der Waals surface area contributed by atoms with E-state index in [0.29, 0.717) is 0 Å². The zero-order valence-corrected chi connectivity index (χ0v) is 20.5. The number of Topliss-reactive ketones (excluding diaryl/α,β-unsaturated/α-hetero) is 1. The van der Waals surface area contributed by atoms with Crippen LogP contribution in [0.4, 0.5) is 4.79 Å². The Hall–Kier alpha value is -2.92. The van der Waals surface area contributed by atoms with Crippen molar-refractivity contribution in [3.05, 3.63) is 71.3 Å². The third-order valence-corrected chi connectivity index (χ3v) is 6.98. The molecule has 1 aliphatic rings. The number of carbonyl (C=O) groups is 3. The second-order valence-electron chi connectivity index (χ2n) is 8.21. The third-order valence-electron chi connectivity index (χ3n) is 5.62. The molecular weight excluding hydrogens is 472 g/mol. The van der Waals surface area contributed by atoms with Crippen molar-refractivity contribution >= 4 is 29.1 Å². The van der Waals surface area contributed by atoms with Crippen LogP contribution in [0.25, 0.3) is 0 Å². The van der Waals surface area contributed by atoms with Gasteiger partial charge in [0, 0.05) is 12.0 Å². The van der Waals surface area contributed by atoms with Gasteiger partial charge in [-0.25, -0.2) is 4.79 Å². The van der Waals surface area contributed by atoms with Crippen LogP contribution in [-0.4, -0.2) is 58.2 Å². The molecule has 0 saturated heterocycles. The SMILES string of the molecule is CCOC(=O)C(C[S+]([O-])Cc1ccccc1)N[C@@H](C)C(=O)C1NC(OC(=O)O)Cc2ccccc21. The molecule has 0 fully saturated rings. The largest absolute Gasteiger partial charge is 0.616 e. The number of benzene rings is 2. The molecule has 0 saturated carbocycles. The standard InChI is InChI=1S/C25H30N2O7S/c1-3-33-24(29)20(15-35(32)14-17-9-5-4-6-10-17)26-16(2)23(28)22-19-12-8-7-11-18(19)13-21(27-22)34-25(30)31/h4-12,16,20-22,26-27H,3,13-15H2,1-2H3,(H,30,31)/t16-,20?,21?,22?,35?/m0/s1. The van der Waals surface area contributed by atoms with Gasteiger partial charge in [0.2, 0.25) is 0 Å². The Bertz CT molecular complexity index is 1020. The molecule has 0 aliphatic carbocycles. The van der Waals surface area contributed by atoms with Crippen LogP contribution in [0.3, 0.4) is 0 Å². The fraction of sp³-hybridized carbons (Fsp3) is 0.400. The van der Waals surface area contributed by atoms with Crippen molar-refractivity contribution in [1.82, 2.24) is 10.6 Å². The van der Waals surface area contributed by atoms with Crippen LogP contribution in [0.15, 0.2) is 54.6 Å². The summed E-state index contributed by atoms with van der Waals surface area (Å²) in [5.41, 5.74) is 2.40. The lowest BCUT2D eigenvalue weighted by Gasteiger charge is -2.33. The number of rotatable bonds is 11. The van der Waals surface area contributed by atoms with Crippen molar-refractivity contribution in [2.24, 2.45) is 0 Å². The zero-order chi connectivity index (χ0) is 25.4. The highest BCUT2D eigenvalue weighted by Gasteiger charge is 2.37. The fourth-order valence-electron chi connectivity index (χ4n) is 4.03. The average molecular weight is 503 g/mol. The molecule has 3 N–H and O–H groups in total. The van der Waals surface area contributed by atoms with Gasteiger partial charge in [-0.05, 0) is 36.2 Å². The highest BCUT2D eigenvalue weighted by atomic mass is 32.2. The summed E-state index contributed by atoms with van der Waals surface area (Å²) >= 11 is -1.38.